The SMILES string of the molecule is COc1ccc(N2CCN(c3cc(Cl)nc(SCc4cccc(C(=O)N5CCOCC5)c4)n3)CC2)cc1. The van der Waals surface area contributed by atoms with E-state index in [0.29, 0.717) is 47.9 Å². The molecule has 1 aromatic heterocycles. The summed E-state index contributed by atoms with van der Waals surface area (Å²) in [5.41, 5.74) is 2.93. The molecule has 2 fully saturated rings. The summed E-state index contributed by atoms with van der Waals surface area (Å²) in [5.74, 6) is 2.40. The molecule has 194 valence electrons. The van der Waals surface area contributed by atoms with Crippen molar-refractivity contribution in [3.05, 3.63) is 70.9 Å². The molecule has 0 radical (unpaired) electrons. The van der Waals surface area contributed by atoms with Crippen LogP contribution in [0.25, 0.3) is 0 Å². The molecule has 0 bridgehead atoms. The highest BCUT2D eigenvalue weighted by Gasteiger charge is 2.21. The number of hydrogen-bond donors (Lipinski definition) is 0. The van der Waals surface area contributed by atoms with Crippen molar-refractivity contribution in [1.82, 2.24) is 14.9 Å². The molecule has 3 aromatic rings. The van der Waals surface area contributed by atoms with Gasteiger partial charge in [0.25, 0.3) is 5.91 Å². The monoisotopic (exact) mass is 539 g/mol. The molecule has 5 rings (SSSR count). The first-order valence-corrected chi connectivity index (χ1v) is 13.7. The molecule has 0 atom stereocenters. The van der Waals surface area contributed by atoms with Crippen LogP contribution in [0.2, 0.25) is 5.15 Å². The second-order valence-electron chi connectivity index (χ2n) is 8.90. The molecule has 0 spiro atoms. The number of halogens is 1. The van der Waals surface area contributed by atoms with Crippen LogP contribution in [0.4, 0.5) is 11.5 Å². The van der Waals surface area contributed by atoms with Crippen molar-refractivity contribution < 1.29 is 14.3 Å². The van der Waals surface area contributed by atoms with E-state index in [2.05, 4.69) is 26.9 Å². The summed E-state index contributed by atoms with van der Waals surface area (Å²) < 4.78 is 10.6. The van der Waals surface area contributed by atoms with Crippen molar-refractivity contribution in [2.75, 3.05) is 69.4 Å². The lowest BCUT2D eigenvalue weighted by atomic mass is 10.1. The van der Waals surface area contributed by atoms with Crippen LogP contribution in [0, 0.1) is 0 Å². The van der Waals surface area contributed by atoms with E-state index in [0.717, 1.165) is 43.3 Å². The number of methoxy groups -OCH3 is 1. The van der Waals surface area contributed by atoms with Crippen LogP contribution in [-0.2, 0) is 10.5 Å². The highest BCUT2D eigenvalue weighted by Crippen LogP contribution is 2.27. The van der Waals surface area contributed by atoms with Gasteiger partial charge in [0.2, 0.25) is 0 Å². The lowest BCUT2D eigenvalue weighted by molar-refractivity contribution is 0.0303. The van der Waals surface area contributed by atoms with Crippen LogP contribution < -0.4 is 14.5 Å². The number of morpholine rings is 1. The van der Waals surface area contributed by atoms with Gasteiger partial charge < -0.3 is 24.2 Å². The highest BCUT2D eigenvalue weighted by atomic mass is 35.5. The first-order chi connectivity index (χ1) is 18.1. The number of carbonyl (C=O) groups excluding carboxylic acids is 1. The van der Waals surface area contributed by atoms with Gasteiger partial charge in [-0.2, -0.15) is 0 Å². The number of ether oxygens (including phenoxy) is 2. The Bertz CT molecular complexity index is 1210. The number of rotatable bonds is 7. The molecule has 2 aromatic carbocycles. The van der Waals surface area contributed by atoms with E-state index in [1.165, 1.54) is 17.4 Å². The molecular weight excluding hydrogens is 510 g/mol. The molecule has 0 saturated carbocycles. The maximum Gasteiger partial charge on any atom is 0.254 e. The van der Waals surface area contributed by atoms with Crippen LogP contribution in [0.5, 0.6) is 5.75 Å². The summed E-state index contributed by atoms with van der Waals surface area (Å²) in [4.78, 5) is 28.5. The number of amides is 1. The summed E-state index contributed by atoms with van der Waals surface area (Å²) >= 11 is 7.91. The number of hydrogen-bond acceptors (Lipinski definition) is 8. The fourth-order valence-corrected chi connectivity index (χ4v) is 5.51. The molecule has 0 aliphatic carbocycles. The number of anilines is 2. The van der Waals surface area contributed by atoms with E-state index in [1.54, 1.807) is 7.11 Å². The Kier molecular flexibility index (Phi) is 8.33. The van der Waals surface area contributed by atoms with Crippen molar-refractivity contribution in [2.45, 2.75) is 10.9 Å². The molecule has 2 saturated heterocycles. The average molecular weight is 540 g/mol. The highest BCUT2D eigenvalue weighted by molar-refractivity contribution is 7.98. The number of thioether (sulfide) groups is 1. The number of piperazine rings is 1. The smallest absolute Gasteiger partial charge is 0.254 e. The summed E-state index contributed by atoms with van der Waals surface area (Å²) in [7, 11) is 1.68. The van der Waals surface area contributed by atoms with Crippen LogP contribution in [0.3, 0.4) is 0 Å². The van der Waals surface area contributed by atoms with E-state index in [4.69, 9.17) is 26.1 Å². The molecular formula is C27H30ClN5O3S. The lowest BCUT2D eigenvalue weighted by Gasteiger charge is -2.36. The van der Waals surface area contributed by atoms with E-state index in [1.807, 2.05) is 47.4 Å². The average Bonchev–Trinajstić information content (AvgIpc) is 2.96. The van der Waals surface area contributed by atoms with Gasteiger partial charge in [0, 0.05) is 62.3 Å². The van der Waals surface area contributed by atoms with Gasteiger partial charge in [-0.25, -0.2) is 9.97 Å². The van der Waals surface area contributed by atoms with Crippen molar-refractivity contribution in [3.8, 4) is 5.75 Å². The standard InChI is InChI=1S/C27H30ClN5O3S/c1-35-23-7-5-22(6-8-23)31-9-11-32(12-10-31)25-18-24(28)29-27(30-25)37-19-20-3-2-4-21(17-20)26(34)33-13-15-36-16-14-33/h2-8,17-18H,9-16,19H2,1H3. The van der Waals surface area contributed by atoms with Crippen LogP contribution in [0.1, 0.15) is 15.9 Å². The maximum atomic E-state index is 12.8. The minimum atomic E-state index is 0.0465. The minimum absolute atomic E-state index is 0.0465. The molecule has 0 N–H and O–H groups in total. The first-order valence-electron chi connectivity index (χ1n) is 12.4. The van der Waals surface area contributed by atoms with Gasteiger partial charge in [0.15, 0.2) is 5.16 Å². The molecule has 0 unspecified atom stereocenters. The molecule has 2 aliphatic heterocycles. The minimum Gasteiger partial charge on any atom is -0.497 e. The van der Waals surface area contributed by atoms with Gasteiger partial charge in [-0.15, -0.1) is 0 Å². The van der Waals surface area contributed by atoms with Gasteiger partial charge in [0.1, 0.15) is 16.7 Å². The molecule has 8 nitrogen and oxygen atoms in total. The zero-order valence-corrected chi connectivity index (χ0v) is 22.4. The number of benzene rings is 2. The summed E-state index contributed by atoms with van der Waals surface area (Å²) in [6.45, 7) is 5.90. The van der Waals surface area contributed by atoms with Gasteiger partial charge in [-0.1, -0.05) is 35.5 Å². The lowest BCUT2D eigenvalue weighted by Crippen LogP contribution is -2.46. The third kappa shape index (κ3) is 6.47. The zero-order chi connectivity index (χ0) is 25.6. The fourth-order valence-electron chi connectivity index (χ4n) is 4.49. The van der Waals surface area contributed by atoms with Gasteiger partial charge in [0.05, 0.1) is 20.3 Å². The third-order valence-electron chi connectivity index (χ3n) is 6.54. The molecule has 2 aliphatic rings. The summed E-state index contributed by atoms with van der Waals surface area (Å²) in [5, 5.41) is 1.06. The zero-order valence-electron chi connectivity index (χ0n) is 20.8. The Labute approximate surface area is 226 Å². The number of aromatic nitrogens is 2. The second kappa shape index (κ2) is 12.0. The molecule has 1 amide bonds. The van der Waals surface area contributed by atoms with Crippen LogP contribution >= 0.6 is 23.4 Å². The molecule has 37 heavy (non-hydrogen) atoms. The van der Waals surface area contributed by atoms with Gasteiger partial charge >= 0.3 is 0 Å². The molecule has 10 heteroatoms. The van der Waals surface area contributed by atoms with Gasteiger partial charge in [-0.05, 0) is 42.0 Å². The van der Waals surface area contributed by atoms with Crippen molar-refractivity contribution in [3.63, 3.8) is 0 Å². The number of nitrogens with zero attached hydrogens (tertiary/aromatic N) is 5. The number of carbonyl (C=O) groups is 1. The normalized spacial score (nSPS) is 16.1. The Morgan fingerprint density at radius 2 is 1.70 bits per heavy atom. The predicted octanol–water partition coefficient (Wildman–Crippen LogP) is 4.23. The summed E-state index contributed by atoms with van der Waals surface area (Å²) in [6.07, 6.45) is 0. The quantitative estimate of drug-likeness (QED) is 0.251. The largest absolute Gasteiger partial charge is 0.497 e. The van der Waals surface area contributed by atoms with E-state index < -0.39 is 0 Å². The predicted molar refractivity (Wildman–Crippen MR) is 147 cm³/mol. The van der Waals surface area contributed by atoms with E-state index in [9.17, 15) is 4.79 Å². The van der Waals surface area contributed by atoms with Crippen molar-refractivity contribution in [2.24, 2.45) is 0 Å². The molecule has 3 heterocycles. The summed E-state index contributed by atoms with van der Waals surface area (Å²) in [6, 6.07) is 17.8. The van der Waals surface area contributed by atoms with Gasteiger partial charge in [-0.3, -0.25) is 4.79 Å². The first kappa shape index (κ1) is 25.6. The Morgan fingerprint density at radius 3 is 2.43 bits per heavy atom. The Morgan fingerprint density at radius 1 is 0.973 bits per heavy atom. The van der Waals surface area contributed by atoms with Crippen molar-refractivity contribution >= 4 is 40.8 Å². The van der Waals surface area contributed by atoms with E-state index in [-0.39, 0.29) is 5.91 Å². The topological polar surface area (TPSA) is 71.0 Å². The van der Waals surface area contributed by atoms with E-state index >= 15 is 0 Å². The Hall–Kier alpha value is -3.01. The third-order valence-corrected chi connectivity index (χ3v) is 7.65. The maximum absolute atomic E-state index is 12.8. The van der Waals surface area contributed by atoms with Crippen LogP contribution in [0.15, 0.2) is 59.8 Å². The van der Waals surface area contributed by atoms with Crippen molar-refractivity contribution in [1.29, 1.82) is 0 Å². The fraction of sp³-hybridized carbons (Fsp3) is 0.370. The van der Waals surface area contributed by atoms with Crippen LogP contribution in [-0.4, -0.2) is 80.4 Å². The second-order valence-corrected chi connectivity index (χ2v) is 10.2. The Balaban J connectivity index is 1.20.